The molecule has 1 N–H and O–H groups in total. The van der Waals surface area contributed by atoms with Crippen LogP contribution in [0, 0.1) is 0 Å². The van der Waals surface area contributed by atoms with E-state index in [-0.39, 0.29) is 4.90 Å². The average Bonchev–Trinajstić information content (AvgIpc) is 2.46. The zero-order chi connectivity index (χ0) is 13.7. The van der Waals surface area contributed by atoms with Crippen molar-refractivity contribution >= 4 is 10.0 Å². The molecule has 106 valence electrons. The second-order valence-corrected chi connectivity index (χ2v) is 6.76. The van der Waals surface area contributed by atoms with E-state index in [4.69, 9.17) is 0 Å². The van der Waals surface area contributed by atoms with Crippen LogP contribution in [0.3, 0.4) is 0 Å². The Bertz CT molecular complexity index is 482. The van der Waals surface area contributed by atoms with Gasteiger partial charge >= 0.3 is 0 Å². The van der Waals surface area contributed by atoms with Crippen molar-refractivity contribution in [2.24, 2.45) is 0 Å². The number of pyridine rings is 1. The SMILES string of the molecule is CCCNC1CCN(S(=O)(=O)c2cccnc2)CC1. The minimum atomic E-state index is -3.36. The van der Waals surface area contributed by atoms with Gasteiger partial charge in [0, 0.05) is 31.5 Å². The monoisotopic (exact) mass is 283 g/mol. The number of aromatic nitrogens is 1. The fourth-order valence-corrected chi connectivity index (χ4v) is 3.73. The zero-order valence-corrected chi connectivity index (χ0v) is 12.1. The minimum absolute atomic E-state index is 0.287. The van der Waals surface area contributed by atoms with Crippen LogP contribution < -0.4 is 5.32 Å². The summed E-state index contributed by atoms with van der Waals surface area (Å²) in [4.78, 5) is 4.17. The van der Waals surface area contributed by atoms with Gasteiger partial charge < -0.3 is 5.32 Å². The van der Waals surface area contributed by atoms with Crippen molar-refractivity contribution in [2.75, 3.05) is 19.6 Å². The maximum Gasteiger partial charge on any atom is 0.244 e. The molecule has 1 aromatic rings. The van der Waals surface area contributed by atoms with Crippen LogP contribution in [-0.4, -0.2) is 43.4 Å². The number of sulfonamides is 1. The van der Waals surface area contributed by atoms with Gasteiger partial charge in [-0.15, -0.1) is 0 Å². The van der Waals surface area contributed by atoms with Crippen LogP contribution >= 0.6 is 0 Å². The summed E-state index contributed by atoms with van der Waals surface area (Å²) in [6.45, 7) is 4.30. The van der Waals surface area contributed by atoms with E-state index in [2.05, 4.69) is 17.2 Å². The van der Waals surface area contributed by atoms with E-state index in [1.165, 1.54) is 6.20 Å². The largest absolute Gasteiger partial charge is 0.314 e. The topological polar surface area (TPSA) is 62.3 Å². The molecule has 6 heteroatoms. The van der Waals surface area contributed by atoms with Crippen LogP contribution in [0.1, 0.15) is 26.2 Å². The molecule has 0 unspecified atom stereocenters. The molecule has 5 nitrogen and oxygen atoms in total. The van der Waals surface area contributed by atoms with Crippen LogP contribution in [0.25, 0.3) is 0 Å². The lowest BCUT2D eigenvalue weighted by molar-refractivity contribution is 0.290. The first kappa shape index (κ1) is 14.4. The van der Waals surface area contributed by atoms with E-state index < -0.39 is 10.0 Å². The van der Waals surface area contributed by atoms with Gasteiger partial charge in [-0.05, 0) is 37.9 Å². The number of piperidine rings is 1. The van der Waals surface area contributed by atoms with E-state index in [1.54, 1.807) is 22.6 Å². The summed E-state index contributed by atoms with van der Waals surface area (Å²) in [5.74, 6) is 0. The Morgan fingerprint density at radius 2 is 2.16 bits per heavy atom. The number of rotatable bonds is 5. The van der Waals surface area contributed by atoms with Crippen LogP contribution in [0.5, 0.6) is 0 Å². The molecule has 0 bridgehead atoms. The standard InChI is InChI=1S/C13H21N3O2S/c1-2-7-15-12-5-9-16(10-6-12)19(17,18)13-4-3-8-14-11-13/h3-4,8,11-12,15H,2,5-7,9-10H2,1H3. The van der Waals surface area contributed by atoms with Gasteiger partial charge in [-0.25, -0.2) is 8.42 Å². The molecule has 0 spiro atoms. The highest BCUT2D eigenvalue weighted by molar-refractivity contribution is 7.89. The summed E-state index contributed by atoms with van der Waals surface area (Å²) < 4.78 is 26.3. The third-order valence-electron chi connectivity index (χ3n) is 3.41. The zero-order valence-electron chi connectivity index (χ0n) is 11.2. The third-order valence-corrected chi connectivity index (χ3v) is 5.29. The van der Waals surface area contributed by atoms with Gasteiger partial charge in [-0.2, -0.15) is 4.31 Å². The quantitative estimate of drug-likeness (QED) is 0.883. The Morgan fingerprint density at radius 3 is 2.74 bits per heavy atom. The fraction of sp³-hybridized carbons (Fsp3) is 0.615. The van der Waals surface area contributed by atoms with Gasteiger partial charge in [-0.3, -0.25) is 4.98 Å². The summed E-state index contributed by atoms with van der Waals surface area (Å²) >= 11 is 0. The van der Waals surface area contributed by atoms with Crippen molar-refractivity contribution in [3.8, 4) is 0 Å². The van der Waals surface area contributed by atoms with Crippen LogP contribution in [0.15, 0.2) is 29.4 Å². The summed E-state index contributed by atoms with van der Waals surface area (Å²) in [5, 5.41) is 3.45. The van der Waals surface area contributed by atoms with E-state index in [9.17, 15) is 8.42 Å². The number of nitrogens with one attached hydrogen (secondary N) is 1. The Balaban J connectivity index is 1.98. The lowest BCUT2D eigenvalue weighted by Crippen LogP contribution is -2.45. The molecule has 0 aromatic carbocycles. The highest BCUT2D eigenvalue weighted by Gasteiger charge is 2.29. The van der Waals surface area contributed by atoms with Crippen molar-refractivity contribution in [2.45, 2.75) is 37.1 Å². The second-order valence-electron chi connectivity index (χ2n) is 4.82. The van der Waals surface area contributed by atoms with Gasteiger partial charge in [0.25, 0.3) is 0 Å². The van der Waals surface area contributed by atoms with E-state index in [0.717, 1.165) is 25.8 Å². The fourth-order valence-electron chi connectivity index (χ4n) is 2.30. The van der Waals surface area contributed by atoms with Crippen LogP contribution in [0.2, 0.25) is 0 Å². The smallest absolute Gasteiger partial charge is 0.244 e. The van der Waals surface area contributed by atoms with Gasteiger partial charge in [0.1, 0.15) is 4.90 Å². The highest BCUT2D eigenvalue weighted by Crippen LogP contribution is 2.19. The Kier molecular flexibility index (Phi) is 4.90. The minimum Gasteiger partial charge on any atom is -0.314 e. The molecule has 0 amide bonds. The summed E-state index contributed by atoms with van der Waals surface area (Å²) in [7, 11) is -3.36. The first-order valence-electron chi connectivity index (χ1n) is 6.78. The van der Waals surface area contributed by atoms with E-state index in [0.29, 0.717) is 19.1 Å². The van der Waals surface area contributed by atoms with Gasteiger partial charge in [0.15, 0.2) is 0 Å². The van der Waals surface area contributed by atoms with Gasteiger partial charge in [0.2, 0.25) is 10.0 Å². The molecule has 0 aliphatic carbocycles. The molecule has 1 aliphatic heterocycles. The predicted octanol–water partition coefficient (Wildman–Crippen LogP) is 1.23. The molecule has 1 saturated heterocycles. The average molecular weight is 283 g/mol. The third kappa shape index (κ3) is 3.52. The maximum atomic E-state index is 12.4. The van der Waals surface area contributed by atoms with Crippen molar-refractivity contribution in [1.29, 1.82) is 0 Å². The van der Waals surface area contributed by atoms with Crippen molar-refractivity contribution < 1.29 is 8.42 Å². The lowest BCUT2D eigenvalue weighted by Gasteiger charge is -2.31. The molecule has 0 saturated carbocycles. The molecule has 2 heterocycles. The molecule has 19 heavy (non-hydrogen) atoms. The van der Waals surface area contributed by atoms with Gasteiger partial charge in [0.05, 0.1) is 0 Å². The van der Waals surface area contributed by atoms with Crippen molar-refractivity contribution in [1.82, 2.24) is 14.6 Å². The Labute approximate surface area is 115 Å². The highest BCUT2D eigenvalue weighted by atomic mass is 32.2. The summed E-state index contributed by atoms with van der Waals surface area (Å²) in [5.41, 5.74) is 0. The number of hydrogen-bond donors (Lipinski definition) is 1. The Hall–Kier alpha value is -0.980. The first-order chi connectivity index (χ1) is 9.14. The molecule has 1 aromatic heterocycles. The summed E-state index contributed by atoms with van der Waals surface area (Å²) in [6.07, 6.45) is 5.85. The molecule has 1 fully saturated rings. The molecular formula is C13H21N3O2S. The van der Waals surface area contributed by atoms with E-state index in [1.807, 2.05) is 0 Å². The Morgan fingerprint density at radius 1 is 1.42 bits per heavy atom. The summed E-state index contributed by atoms with van der Waals surface area (Å²) in [6, 6.07) is 3.70. The molecule has 0 radical (unpaired) electrons. The number of nitrogens with zero attached hydrogens (tertiary/aromatic N) is 2. The lowest BCUT2D eigenvalue weighted by atomic mass is 10.1. The molecular weight excluding hydrogens is 262 g/mol. The van der Waals surface area contributed by atoms with Crippen molar-refractivity contribution in [3.05, 3.63) is 24.5 Å². The normalized spacial score (nSPS) is 18.6. The molecule has 2 rings (SSSR count). The molecule has 1 aliphatic rings. The number of hydrogen-bond acceptors (Lipinski definition) is 4. The van der Waals surface area contributed by atoms with Gasteiger partial charge in [-0.1, -0.05) is 6.92 Å². The van der Waals surface area contributed by atoms with Crippen molar-refractivity contribution in [3.63, 3.8) is 0 Å². The molecule has 0 atom stereocenters. The van der Waals surface area contributed by atoms with Crippen LogP contribution in [-0.2, 0) is 10.0 Å². The maximum absolute atomic E-state index is 12.4. The first-order valence-corrected chi connectivity index (χ1v) is 8.22. The second kappa shape index (κ2) is 6.45. The van der Waals surface area contributed by atoms with E-state index >= 15 is 0 Å². The predicted molar refractivity (Wildman–Crippen MR) is 74.3 cm³/mol. The van der Waals surface area contributed by atoms with Crippen LogP contribution in [0.4, 0.5) is 0 Å².